The number of aliphatic hydroxyl groups excluding tert-OH is 7. The maximum Gasteiger partial charge on any atom is 0.197 e. The van der Waals surface area contributed by atoms with Gasteiger partial charge in [0.15, 0.2) is 35.1 Å². The molecule has 2 aromatic carbocycles. The Morgan fingerprint density at radius 2 is 1.41 bits per heavy atom. The number of hydrogen-bond acceptors (Lipinski definition) is 15. The summed E-state index contributed by atoms with van der Waals surface area (Å²) in [5, 5.41) is 113. The van der Waals surface area contributed by atoms with Crippen molar-refractivity contribution in [2.24, 2.45) is 5.92 Å². The highest BCUT2D eigenvalue weighted by Gasteiger charge is 2.50. The van der Waals surface area contributed by atoms with Crippen molar-refractivity contribution < 1.29 is 70.1 Å². The van der Waals surface area contributed by atoms with Crippen molar-refractivity contribution in [1.29, 1.82) is 0 Å². The first-order valence-electron chi connectivity index (χ1n) is 12.4. The molecule has 0 saturated carbocycles. The Labute approximate surface area is 229 Å². The highest BCUT2D eigenvalue weighted by atomic mass is 16.6. The van der Waals surface area contributed by atoms with E-state index in [4.69, 9.17) is 13.9 Å². The molecule has 2 saturated heterocycles. The molecule has 3 heterocycles. The van der Waals surface area contributed by atoms with Crippen LogP contribution in [-0.2, 0) is 9.47 Å². The fourth-order valence-electron chi connectivity index (χ4n) is 5.47. The van der Waals surface area contributed by atoms with E-state index in [1.54, 1.807) is 0 Å². The van der Waals surface area contributed by atoms with E-state index in [9.17, 15) is 61.0 Å². The van der Waals surface area contributed by atoms with Crippen molar-refractivity contribution in [2.75, 3.05) is 13.2 Å². The molecule has 0 bridgehead atoms. The second-order valence-electron chi connectivity index (χ2n) is 9.95. The summed E-state index contributed by atoms with van der Waals surface area (Å²) >= 11 is 0. The SMILES string of the molecule is O=c1cc(-c2ccc(O)c(O)c2)oc2c([C@@H]3O[C@@H](O)[C@H](O)[C@H]3CO)c(O)c([C@@H]3[C@@H](O)[C@H](O)[C@@H](O)O[C@H]3CO)c(O)c12. The van der Waals surface area contributed by atoms with E-state index >= 15 is 0 Å². The lowest BCUT2D eigenvalue weighted by atomic mass is 9.79. The Morgan fingerprint density at radius 3 is 2.05 bits per heavy atom. The molecule has 0 amide bonds. The molecule has 0 unspecified atom stereocenters. The van der Waals surface area contributed by atoms with Crippen LogP contribution in [-0.4, -0.2) is 106 Å². The van der Waals surface area contributed by atoms with Gasteiger partial charge in [-0.3, -0.25) is 4.79 Å². The average Bonchev–Trinajstić information content (AvgIpc) is 3.21. The van der Waals surface area contributed by atoms with E-state index in [2.05, 4.69) is 0 Å². The Morgan fingerprint density at radius 1 is 0.732 bits per heavy atom. The molecule has 9 atom stereocenters. The van der Waals surface area contributed by atoms with Gasteiger partial charge in [-0.05, 0) is 18.2 Å². The summed E-state index contributed by atoms with van der Waals surface area (Å²) in [6.45, 7) is -1.68. The van der Waals surface area contributed by atoms with Crippen molar-refractivity contribution in [3.63, 3.8) is 0 Å². The third-order valence-corrected chi connectivity index (χ3v) is 7.59. The Kier molecular flexibility index (Phi) is 7.58. The van der Waals surface area contributed by atoms with Crippen LogP contribution >= 0.6 is 0 Å². The highest BCUT2D eigenvalue weighted by molar-refractivity contribution is 5.92. The molecular formula is C26H28O15. The smallest absolute Gasteiger partial charge is 0.197 e. The lowest BCUT2D eigenvalue weighted by Crippen LogP contribution is -2.54. The number of phenolic OH excluding ortho intramolecular Hbond substituents is 4. The van der Waals surface area contributed by atoms with Gasteiger partial charge in [-0.1, -0.05) is 0 Å². The van der Waals surface area contributed by atoms with Crippen molar-refractivity contribution in [1.82, 2.24) is 0 Å². The summed E-state index contributed by atoms with van der Waals surface area (Å²) in [6, 6.07) is 4.38. The van der Waals surface area contributed by atoms with Crippen molar-refractivity contribution >= 4 is 11.0 Å². The normalized spacial score (nSPS) is 32.0. The molecule has 0 radical (unpaired) electrons. The molecule has 3 aromatic rings. The number of fused-ring (bicyclic) bond motifs is 1. The predicted molar refractivity (Wildman–Crippen MR) is 134 cm³/mol. The number of aliphatic hydroxyl groups is 7. The van der Waals surface area contributed by atoms with Crippen LogP contribution in [0.15, 0.2) is 33.5 Å². The summed E-state index contributed by atoms with van der Waals surface area (Å²) in [4.78, 5) is 13.5. The van der Waals surface area contributed by atoms with Gasteiger partial charge in [0.05, 0.1) is 31.0 Å². The van der Waals surface area contributed by atoms with E-state index in [1.807, 2.05) is 0 Å². The maximum absolute atomic E-state index is 13.5. The predicted octanol–water partition coefficient (Wildman–Crippen LogP) is -1.84. The zero-order valence-electron chi connectivity index (χ0n) is 21.0. The van der Waals surface area contributed by atoms with Crippen molar-refractivity contribution in [3.8, 4) is 34.3 Å². The minimum Gasteiger partial charge on any atom is -0.507 e. The first-order chi connectivity index (χ1) is 19.4. The molecule has 11 N–H and O–H groups in total. The highest BCUT2D eigenvalue weighted by Crippen LogP contribution is 2.52. The third-order valence-electron chi connectivity index (χ3n) is 7.59. The van der Waals surface area contributed by atoms with Gasteiger partial charge < -0.3 is 70.1 Å². The Hall–Kier alpha value is -3.51. The second kappa shape index (κ2) is 10.7. The third kappa shape index (κ3) is 4.57. The minimum absolute atomic E-state index is 0.0768. The van der Waals surface area contributed by atoms with Crippen LogP contribution in [0.4, 0.5) is 0 Å². The zero-order valence-corrected chi connectivity index (χ0v) is 21.0. The number of hydrogen-bond donors (Lipinski definition) is 11. The van der Waals surface area contributed by atoms with Crippen molar-refractivity contribution in [3.05, 3.63) is 45.6 Å². The van der Waals surface area contributed by atoms with Crippen LogP contribution in [0.2, 0.25) is 0 Å². The zero-order chi connectivity index (χ0) is 29.9. The van der Waals surface area contributed by atoms with Gasteiger partial charge in [0, 0.05) is 29.0 Å². The Balaban J connectivity index is 1.85. The number of rotatable bonds is 5. The molecule has 1 aromatic heterocycles. The largest absolute Gasteiger partial charge is 0.507 e. The quantitative estimate of drug-likeness (QED) is 0.148. The molecule has 0 spiro atoms. The Bertz CT molecular complexity index is 1520. The van der Waals surface area contributed by atoms with Crippen LogP contribution < -0.4 is 5.43 Å². The first kappa shape index (κ1) is 29.0. The van der Waals surface area contributed by atoms with Gasteiger partial charge in [-0.25, -0.2) is 0 Å². The molecule has 2 aliphatic rings. The van der Waals surface area contributed by atoms with Gasteiger partial charge in [0.2, 0.25) is 0 Å². The fourth-order valence-corrected chi connectivity index (χ4v) is 5.47. The monoisotopic (exact) mass is 580 g/mol. The molecule has 2 aliphatic heterocycles. The van der Waals surface area contributed by atoms with Gasteiger partial charge in [-0.15, -0.1) is 0 Å². The van der Waals surface area contributed by atoms with E-state index in [0.717, 1.165) is 18.2 Å². The summed E-state index contributed by atoms with van der Waals surface area (Å²) in [5.41, 5.74) is -2.47. The van der Waals surface area contributed by atoms with Crippen LogP contribution in [0.1, 0.15) is 23.1 Å². The minimum atomic E-state index is -1.97. The van der Waals surface area contributed by atoms with Gasteiger partial charge in [0.1, 0.15) is 41.0 Å². The van der Waals surface area contributed by atoms with E-state index in [-0.39, 0.29) is 11.3 Å². The number of benzene rings is 2. The summed E-state index contributed by atoms with van der Waals surface area (Å²) in [7, 11) is 0. The summed E-state index contributed by atoms with van der Waals surface area (Å²) in [6.07, 6.45) is -12.5. The van der Waals surface area contributed by atoms with Crippen molar-refractivity contribution in [2.45, 2.75) is 49.0 Å². The first-order valence-corrected chi connectivity index (χ1v) is 12.4. The van der Waals surface area contributed by atoms with Gasteiger partial charge in [-0.2, -0.15) is 0 Å². The van der Waals surface area contributed by atoms with E-state index < -0.39 is 119 Å². The van der Waals surface area contributed by atoms with Gasteiger partial charge >= 0.3 is 0 Å². The van der Waals surface area contributed by atoms with Crippen LogP contribution in [0.25, 0.3) is 22.3 Å². The maximum atomic E-state index is 13.5. The lowest BCUT2D eigenvalue weighted by Gasteiger charge is -2.41. The van der Waals surface area contributed by atoms with Crippen LogP contribution in [0, 0.1) is 5.92 Å². The molecule has 222 valence electrons. The molecule has 15 heteroatoms. The van der Waals surface area contributed by atoms with Crippen LogP contribution in [0.3, 0.4) is 0 Å². The average molecular weight is 580 g/mol. The molecule has 0 aliphatic carbocycles. The topological polar surface area (TPSA) is 271 Å². The summed E-state index contributed by atoms with van der Waals surface area (Å²) < 4.78 is 16.4. The molecule has 15 nitrogen and oxygen atoms in total. The summed E-state index contributed by atoms with van der Waals surface area (Å²) in [5.74, 6) is -6.09. The molecule has 5 rings (SSSR count). The van der Waals surface area contributed by atoms with E-state index in [1.165, 1.54) is 6.07 Å². The second-order valence-corrected chi connectivity index (χ2v) is 9.95. The fraction of sp³-hybridized carbons (Fsp3) is 0.423. The van der Waals surface area contributed by atoms with Gasteiger partial charge in [0.25, 0.3) is 0 Å². The molecule has 2 fully saturated rings. The molecule has 41 heavy (non-hydrogen) atoms. The molecular weight excluding hydrogens is 552 g/mol. The number of phenols is 4. The van der Waals surface area contributed by atoms with E-state index in [0.29, 0.717) is 0 Å². The van der Waals surface area contributed by atoms with Crippen LogP contribution in [0.5, 0.6) is 23.0 Å². The number of ether oxygens (including phenoxy) is 2. The number of aromatic hydroxyl groups is 4. The standard InChI is InChI=1S/C26H28O15/c27-5-8-18(32)25(37)41-23(8)17-20(34)16(15-13(6-28)40-26(38)22(36)21(15)35)19(33)14-11(31)4-12(39-24(14)17)7-1-2-9(29)10(30)3-7/h1-4,8,13,15,18,21-23,25-30,32-38H,5-6H2/t8-,13+,15-,18-,21-,22+,23-,25-,26+/m1/s1. The lowest BCUT2D eigenvalue weighted by molar-refractivity contribution is -0.260.